The van der Waals surface area contributed by atoms with E-state index in [4.69, 9.17) is 10.5 Å². The number of carbonyl (C=O) groups is 1. The molecule has 0 amide bonds. The molecule has 0 unspecified atom stereocenters. The van der Waals surface area contributed by atoms with Crippen LogP contribution in [0.2, 0.25) is 0 Å². The Labute approximate surface area is 130 Å². The average molecular weight is 355 g/mol. The van der Waals surface area contributed by atoms with Crippen molar-refractivity contribution in [2.75, 3.05) is 18.2 Å². The van der Waals surface area contributed by atoms with Crippen LogP contribution in [-0.4, -0.2) is 12.9 Å². The summed E-state index contributed by atoms with van der Waals surface area (Å²) in [4.78, 5) is 12.0. The van der Waals surface area contributed by atoms with Crippen molar-refractivity contribution in [1.29, 1.82) is 0 Å². The number of halogens is 1. The summed E-state index contributed by atoms with van der Waals surface area (Å²) in [6.45, 7) is 2.12. The summed E-state index contributed by atoms with van der Waals surface area (Å²) in [7, 11) is 1.55. The predicted molar refractivity (Wildman–Crippen MR) is 86.8 cm³/mol. The second kappa shape index (κ2) is 6.28. The first kappa shape index (κ1) is 14.9. The minimum atomic E-state index is -0.0558. The molecule has 1 aromatic carbocycles. The molecule has 0 aliphatic heterocycles. The van der Waals surface area contributed by atoms with Gasteiger partial charge in [-0.2, -0.15) is 0 Å². The standard InChI is InChI=1S/C14H15BrN2O2S/c1-8(18)13-11(16)12(19-2)14(20-13)17-7-9-5-3-4-6-10(9)15/h3-6,17H,7,16H2,1-2H3. The van der Waals surface area contributed by atoms with Crippen LogP contribution in [0.5, 0.6) is 5.75 Å². The van der Waals surface area contributed by atoms with E-state index in [1.165, 1.54) is 18.3 Å². The molecule has 0 bridgehead atoms. The van der Waals surface area contributed by atoms with E-state index < -0.39 is 0 Å². The molecule has 6 heteroatoms. The summed E-state index contributed by atoms with van der Waals surface area (Å²) in [6.07, 6.45) is 0. The first-order chi connectivity index (χ1) is 9.54. The van der Waals surface area contributed by atoms with Gasteiger partial charge in [-0.25, -0.2) is 0 Å². The van der Waals surface area contributed by atoms with E-state index in [-0.39, 0.29) is 5.78 Å². The molecule has 106 valence electrons. The van der Waals surface area contributed by atoms with E-state index in [0.717, 1.165) is 15.0 Å². The number of rotatable bonds is 5. The van der Waals surface area contributed by atoms with Gasteiger partial charge in [-0.1, -0.05) is 34.1 Å². The Morgan fingerprint density at radius 3 is 2.75 bits per heavy atom. The molecule has 2 aromatic rings. The highest BCUT2D eigenvalue weighted by Gasteiger charge is 2.19. The number of Topliss-reactive ketones (excluding diaryl/α,β-unsaturated/α-hetero) is 1. The maximum Gasteiger partial charge on any atom is 0.176 e. The Hall–Kier alpha value is -1.53. The zero-order valence-corrected chi connectivity index (χ0v) is 13.6. The Bertz CT molecular complexity index is 640. The fourth-order valence-electron chi connectivity index (χ4n) is 1.83. The van der Waals surface area contributed by atoms with Crippen LogP contribution in [0.3, 0.4) is 0 Å². The van der Waals surface area contributed by atoms with Gasteiger partial charge < -0.3 is 15.8 Å². The number of nitrogen functional groups attached to an aromatic ring is 1. The molecule has 4 nitrogen and oxygen atoms in total. The topological polar surface area (TPSA) is 64.3 Å². The Morgan fingerprint density at radius 2 is 2.15 bits per heavy atom. The van der Waals surface area contributed by atoms with Crippen LogP contribution in [-0.2, 0) is 6.54 Å². The lowest BCUT2D eigenvalue weighted by Crippen LogP contribution is -2.00. The third kappa shape index (κ3) is 2.96. The molecule has 0 radical (unpaired) electrons. The van der Waals surface area contributed by atoms with Crippen LogP contribution in [0.25, 0.3) is 0 Å². The summed E-state index contributed by atoms with van der Waals surface area (Å²) >= 11 is 4.82. The maximum absolute atomic E-state index is 11.5. The lowest BCUT2D eigenvalue weighted by Gasteiger charge is -2.08. The van der Waals surface area contributed by atoms with Crippen LogP contribution >= 0.6 is 27.3 Å². The van der Waals surface area contributed by atoms with E-state index >= 15 is 0 Å². The molecule has 0 spiro atoms. The third-order valence-corrected chi connectivity index (χ3v) is 4.84. The highest BCUT2D eigenvalue weighted by molar-refractivity contribution is 9.10. The molecule has 0 fully saturated rings. The minimum absolute atomic E-state index is 0.0558. The average Bonchev–Trinajstić information content (AvgIpc) is 2.74. The molecule has 3 N–H and O–H groups in total. The van der Waals surface area contributed by atoms with E-state index in [1.807, 2.05) is 24.3 Å². The summed E-state index contributed by atoms with van der Waals surface area (Å²) < 4.78 is 6.31. The number of nitrogens with two attached hydrogens (primary N) is 1. The van der Waals surface area contributed by atoms with Crippen molar-refractivity contribution >= 4 is 43.7 Å². The van der Waals surface area contributed by atoms with Crippen molar-refractivity contribution in [3.8, 4) is 5.75 Å². The maximum atomic E-state index is 11.5. The van der Waals surface area contributed by atoms with Crippen LogP contribution in [0, 0.1) is 0 Å². The fourth-order valence-corrected chi connectivity index (χ4v) is 3.23. The van der Waals surface area contributed by atoms with Crippen molar-refractivity contribution in [1.82, 2.24) is 0 Å². The van der Waals surface area contributed by atoms with Gasteiger partial charge in [-0.3, -0.25) is 4.79 Å². The van der Waals surface area contributed by atoms with Gasteiger partial charge in [-0.15, -0.1) is 11.3 Å². The molecule has 1 heterocycles. The summed E-state index contributed by atoms with van der Waals surface area (Å²) in [5, 5.41) is 4.04. The quantitative estimate of drug-likeness (QED) is 0.798. The van der Waals surface area contributed by atoms with Crippen LogP contribution in [0.15, 0.2) is 28.7 Å². The van der Waals surface area contributed by atoms with Gasteiger partial charge in [0, 0.05) is 17.9 Å². The molecular weight excluding hydrogens is 340 g/mol. The van der Waals surface area contributed by atoms with Crippen molar-refractivity contribution in [2.45, 2.75) is 13.5 Å². The molecule has 0 aliphatic carbocycles. The van der Waals surface area contributed by atoms with Gasteiger partial charge in [-0.05, 0) is 11.6 Å². The number of carbonyl (C=O) groups excluding carboxylic acids is 1. The second-order valence-electron chi connectivity index (χ2n) is 4.21. The predicted octanol–water partition coefficient (Wildman–Crippen LogP) is 3.92. The number of hydrogen-bond donors (Lipinski definition) is 2. The van der Waals surface area contributed by atoms with Gasteiger partial charge in [0.25, 0.3) is 0 Å². The van der Waals surface area contributed by atoms with Gasteiger partial charge >= 0.3 is 0 Å². The van der Waals surface area contributed by atoms with Crippen LogP contribution in [0.1, 0.15) is 22.2 Å². The van der Waals surface area contributed by atoms with E-state index in [9.17, 15) is 4.79 Å². The molecule has 20 heavy (non-hydrogen) atoms. The highest BCUT2D eigenvalue weighted by Crippen LogP contribution is 2.42. The molecule has 2 rings (SSSR count). The number of hydrogen-bond acceptors (Lipinski definition) is 5. The lowest BCUT2D eigenvalue weighted by atomic mass is 10.2. The fraction of sp³-hybridized carbons (Fsp3) is 0.214. The zero-order chi connectivity index (χ0) is 14.7. The van der Waals surface area contributed by atoms with Crippen molar-refractivity contribution in [3.63, 3.8) is 0 Å². The van der Waals surface area contributed by atoms with Gasteiger partial charge in [0.2, 0.25) is 0 Å². The Balaban J connectivity index is 2.24. The molecule has 0 atom stereocenters. The van der Waals surface area contributed by atoms with Crippen LogP contribution < -0.4 is 15.8 Å². The smallest absolute Gasteiger partial charge is 0.176 e. The SMILES string of the molecule is COc1c(NCc2ccccc2Br)sc(C(C)=O)c1N. The first-order valence-corrected chi connectivity index (χ1v) is 7.60. The van der Waals surface area contributed by atoms with Crippen molar-refractivity contribution in [3.05, 3.63) is 39.2 Å². The molecule has 1 aromatic heterocycles. The number of thiophene rings is 1. The number of anilines is 2. The van der Waals surface area contributed by atoms with Gasteiger partial charge in [0.1, 0.15) is 5.00 Å². The van der Waals surface area contributed by atoms with Crippen molar-refractivity contribution in [2.24, 2.45) is 0 Å². The first-order valence-electron chi connectivity index (χ1n) is 5.99. The number of benzene rings is 1. The van der Waals surface area contributed by atoms with Crippen LogP contribution in [0.4, 0.5) is 10.7 Å². The monoisotopic (exact) mass is 354 g/mol. The molecule has 0 saturated carbocycles. The molecule has 0 aliphatic rings. The van der Waals surface area contributed by atoms with Gasteiger partial charge in [0.15, 0.2) is 11.5 Å². The third-order valence-electron chi connectivity index (χ3n) is 2.82. The minimum Gasteiger partial charge on any atom is -0.492 e. The van der Waals surface area contributed by atoms with E-state index in [1.54, 1.807) is 7.11 Å². The normalized spacial score (nSPS) is 10.3. The van der Waals surface area contributed by atoms with E-state index in [2.05, 4.69) is 21.2 Å². The highest BCUT2D eigenvalue weighted by atomic mass is 79.9. The molecule has 0 saturated heterocycles. The largest absolute Gasteiger partial charge is 0.492 e. The number of nitrogens with one attached hydrogen (secondary N) is 1. The van der Waals surface area contributed by atoms with Crippen molar-refractivity contribution < 1.29 is 9.53 Å². The second-order valence-corrected chi connectivity index (χ2v) is 6.08. The molecular formula is C14H15BrN2O2S. The number of methoxy groups -OCH3 is 1. The van der Waals surface area contributed by atoms with E-state index in [0.29, 0.717) is 22.9 Å². The Morgan fingerprint density at radius 1 is 1.45 bits per heavy atom. The Kier molecular flexibility index (Phi) is 4.67. The summed E-state index contributed by atoms with van der Waals surface area (Å²) in [5.41, 5.74) is 7.45. The number of ketones is 1. The summed E-state index contributed by atoms with van der Waals surface area (Å²) in [6, 6.07) is 7.94. The number of ether oxygens (including phenoxy) is 1. The summed E-state index contributed by atoms with van der Waals surface area (Å²) in [5.74, 6) is 0.479. The van der Waals surface area contributed by atoms with Gasteiger partial charge in [0.05, 0.1) is 17.7 Å². The zero-order valence-electron chi connectivity index (χ0n) is 11.2. The lowest BCUT2D eigenvalue weighted by molar-refractivity contribution is 0.102.